The molecule has 0 saturated heterocycles. The molecule has 0 atom stereocenters. The zero-order valence-electron chi connectivity index (χ0n) is 15.5. The highest BCUT2D eigenvalue weighted by Gasteiger charge is 2.35. The predicted octanol–water partition coefficient (Wildman–Crippen LogP) is 6.50. The van der Waals surface area contributed by atoms with Crippen LogP contribution in [0.1, 0.15) is 63.0 Å². The van der Waals surface area contributed by atoms with Crippen molar-refractivity contribution in [2.45, 2.75) is 64.6 Å². The molecule has 0 N–H and O–H groups in total. The van der Waals surface area contributed by atoms with Gasteiger partial charge in [-0.3, -0.25) is 0 Å². The summed E-state index contributed by atoms with van der Waals surface area (Å²) >= 11 is 0. The monoisotopic (exact) mass is 383 g/mol. The number of halogens is 4. The van der Waals surface area contributed by atoms with Crippen LogP contribution in [0.2, 0.25) is 0 Å². The number of allylic oxidation sites excluding steroid dienone is 2. The first kappa shape index (κ1) is 21.4. The molecule has 0 amide bonds. The number of benzene rings is 1. The van der Waals surface area contributed by atoms with Crippen molar-refractivity contribution in [3.05, 3.63) is 47.0 Å². The Morgan fingerprint density at radius 2 is 1.74 bits per heavy atom. The molecule has 1 fully saturated rings. The van der Waals surface area contributed by atoms with E-state index in [1.807, 2.05) is 13.0 Å². The van der Waals surface area contributed by atoms with E-state index in [9.17, 15) is 17.6 Å². The number of ether oxygens (including phenoxy) is 1. The smallest absolute Gasteiger partial charge is 0.316 e. The molecule has 27 heavy (non-hydrogen) atoms. The lowest BCUT2D eigenvalue weighted by molar-refractivity contribution is -0.256. The van der Waals surface area contributed by atoms with Crippen molar-refractivity contribution >= 4 is 0 Å². The van der Waals surface area contributed by atoms with Crippen LogP contribution in [0.3, 0.4) is 0 Å². The maximum absolute atomic E-state index is 14.1. The van der Waals surface area contributed by atoms with Gasteiger partial charge in [0.25, 0.3) is 0 Å². The Morgan fingerprint density at radius 3 is 2.30 bits per heavy atom. The average Bonchev–Trinajstić information content (AvgIpc) is 2.61. The van der Waals surface area contributed by atoms with Gasteiger partial charge < -0.3 is 4.74 Å². The van der Waals surface area contributed by atoms with Gasteiger partial charge in [-0.15, -0.1) is 0 Å². The third-order valence-electron chi connectivity index (χ3n) is 5.13. The maximum atomic E-state index is 14.1. The first-order valence-corrected chi connectivity index (χ1v) is 9.35. The molecule has 1 aromatic rings. The molecule has 1 aromatic carbocycles. The van der Waals surface area contributed by atoms with Gasteiger partial charge in [0.1, 0.15) is 23.3 Å². The van der Waals surface area contributed by atoms with Gasteiger partial charge in [-0.1, -0.05) is 25.0 Å². The van der Waals surface area contributed by atoms with Crippen LogP contribution in [0.15, 0.2) is 24.3 Å². The molecule has 0 bridgehead atoms. The Hall–Kier alpha value is -1.87. The summed E-state index contributed by atoms with van der Waals surface area (Å²) in [5.41, 5.74) is -0.784. The van der Waals surface area contributed by atoms with E-state index in [1.165, 1.54) is 6.07 Å². The van der Waals surface area contributed by atoms with Crippen LogP contribution < -0.4 is 0 Å². The van der Waals surface area contributed by atoms with Crippen LogP contribution in [0, 0.1) is 34.8 Å². The molecule has 0 radical (unpaired) electrons. The van der Waals surface area contributed by atoms with Gasteiger partial charge in [0.2, 0.25) is 0 Å². The largest absolute Gasteiger partial charge is 0.356 e. The molecule has 0 spiro atoms. The zero-order chi connectivity index (χ0) is 19.9. The van der Waals surface area contributed by atoms with Crippen molar-refractivity contribution in [2.24, 2.45) is 11.8 Å². The van der Waals surface area contributed by atoms with E-state index in [2.05, 4.69) is 10.8 Å². The second kappa shape index (κ2) is 9.89. The lowest BCUT2D eigenvalue weighted by atomic mass is 9.78. The lowest BCUT2D eigenvalue weighted by Crippen LogP contribution is -2.27. The minimum Gasteiger partial charge on any atom is -0.316 e. The highest BCUT2D eigenvalue weighted by molar-refractivity contribution is 5.34. The Morgan fingerprint density at radius 1 is 1.15 bits per heavy atom. The summed E-state index contributed by atoms with van der Waals surface area (Å²) in [5.74, 6) is -1.66. The highest BCUT2D eigenvalue weighted by atomic mass is 19.3. The summed E-state index contributed by atoms with van der Waals surface area (Å²) in [4.78, 5) is 0. The molecule has 0 unspecified atom stereocenters. The fourth-order valence-electron chi connectivity index (χ4n) is 3.62. The van der Waals surface area contributed by atoms with Crippen molar-refractivity contribution < 1.29 is 22.3 Å². The average molecular weight is 383 g/mol. The Bertz CT molecular complexity index is 665. The molecule has 0 aromatic heterocycles. The SMILES string of the molecule is CC=CCC[C@H]1CC[C@H](CC(F)(F)OCc2cc(F)c(C#N)c(F)c2)CC1. The van der Waals surface area contributed by atoms with Gasteiger partial charge in [-0.05, 0) is 62.1 Å². The summed E-state index contributed by atoms with van der Waals surface area (Å²) in [5, 5.41) is 8.63. The molecule has 1 saturated carbocycles. The first-order valence-electron chi connectivity index (χ1n) is 9.35. The van der Waals surface area contributed by atoms with E-state index in [0.29, 0.717) is 5.92 Å². The van der Waals surface area contributed by atoms with Gasteiger partial charge in [0.05, 0.1) is 6.61 Å². The van der Waals surface area contributed by atoms with Crippen LogP contribution in [0.5, 0.6) is 0 Å². The molecule has 0 heterocycles. The van der Waals surface area contributed by atoms with Crippen LogP contribution in [-0.2, 0) is 11.3 Å². The number of nitrogens with zero attached hydrogens (tertiary/aromatic N) is 1. The maximum Gasteiger partial charge on any atom is 0.356 e. The standard InChI is InChI=1S/C21H25F4NO/c1-2-3-4-5-15-6-8-16(9-7-15)12-21(24,25)27-14-17-10-19(22)18(13-26)20(23)11-17/h2-3,10-11,15-16H,4-9,12,14H2,1H3/t15-,16-. The summed E-state index contributed by atoms with van der Waals surface area (Å²) in [6, 6.07) is 3.10. The van der Waals surface area contributed by atoms with E-state index < -0.39 is 29.9 Å². The fraction of sp³-hybridized carbons (Fsp3) is 0.571. The number of hydrogen-bond donors (Lipinski definition) is 0. The van der Waals surface area contributed by atoms with Crippen LogP contribution in [-0.4, -0.2) is 6.11 Å². The molecule has 1 aliphatic rings. The highest BCUT2D eigenvalue weighted by Crippen LogP contribution is 2.38. The van der Waals surface area contributed by atoms with E-state index in [-0.39, 0.29) is 17.9 Å². The number of nitriles is 1. The first-order chi connectivity index (χ1) is 12.8. The van der Waals surface area contributed by atoms with Crippen LogP contribution in [0.4, 0.5) is 17.6 Å². The molecule has 2 nitrogen and oxygen atoms in total. The summed E-state index contributed by atoms with van der Waals surface area (Å²) in [7, 11) is 0. The molecule has 2 rings (SSSR count). The molecular weight excluding hydrogens is 358 g/mol. The number of rotatable bonds is 8. The molecule has 148 valence electrons. The van der Waals surface area contributed by atoms with Crippen LogP contribution >= 0.6 is 0 Å². The third kappa shape index (κ3) is 6.66. The van der Waals surface area contributed by atoms with E-state index >= 15 is 0 Å². The van der Waals surface area contributed by atoms with Gasteiger partial charge in [0, 0.05) is 6.42 Å². The summed E-state index contributed by atoms with van der Waals surface area (Å²) in [6.45, 7) is 1.38. The third-order valence-corrected chi connectivity index (χ3v) is 5.13. The van der Waals surface area contributed by atoms with Gasteiger partial charge >= 0.3 is 6.11 Å². The second-order valence-corrected chi connectivity index (χ2v) is 7.21. The van der Waals surface area contributed by atoms with E-state index in [1.54, 1.807) is 0 Å². The molecule has 0 aliphatic heterocycles. The van der Waals surface area contributed by atoms with Crippen molar-refractivity contribution in [3.63, 3.8) is 0 Å². The van der Waals surface area contributed by atoms with E-state index in [0.717, 1.165) is 50.7 Å². The molecular formula is C21H25F4NO. The zero-order valence-corrected chi connectivity index (χ0v) is 15.5. The van der Waals surface area contributed by atoms with Crippen LogP contribution in [0.25, 0.3) is 0 Å². The topological polar surface area (TPSA) is 33.0 Å². The Labute approximate surface area is 157 Å². The molecule has 6 heteroatoms. The predicted molar refractivity (Wildman–Crippen MR) is 94.9 cm³/mol. The van der Waals surface area contributed by atoms with Gasteiger partial charge in [-0.2, -0.15) is 14.0 Å². The van der Waals surface area contributed by atoms with Gasteiger partial charge in [0.15, 0.2) is 0 Å². The van der Waals surface area contributed by atoms with E-state index in [4.69, 9.17) is 5.26 Å². The molecule has 1 aliphatic carbocycles. The number of alkyl halides is 2. The summed E-state index contributed by atoms with van der Waals surface area (Å²) in [6.07, 6.45) is 5.95. The Kier molecular flexibility index (Phi) is 7.85. The Balaban J connectivity index is 1.81. The van der Waals surface area contributed by atoms with Crippen molar-refractivity contribution in [2.75, 3.05) is 0 Å². The minimum atomic E-state index is -3.34. The fourth-order valence-corrected chi connectivity index (χ4v) is 3.62. The van der Waals surface area contributed by atoms with Crippen molar-refractivity contribution in [1.29, 1.82) is 5.26 Å². The second-order valence-electron chi connectivity index (χ2n) is 7.21. The normalized spacial score (nSPS) is 20.7. The summed E-state index contributed by atoms with van der Waals surface area (Å²) < 4.78 is 60.0. The van der Waals surface area contributed by atoms with Crippen molar-refractivity contribution in [3.8, 4) is 6.07 Å². The lowest BCUT2D eigenvalue weighted by Gasteiger charge is -2.30. The quantitative estimate of drug-likeness (QED) is 0.379. The van der Waals surface area contributed by atoms with Crippen molar-refractivity contribution in [1.82, 2.24) is 0 Å². The minimum absolute atomic E-state index is 0.0589. The number of hydrogen-bond acceptors (Lipinski definition) is 2. The van der Waals surface area contributed by atoms with Gasteiger partial charge in [-0.25, -0.2) is 8.78 Å².